The van der Waals surface area contributed by atoms with E-state index in [1.165, 1.54) is 12.8 Å². The molecule has 2 unspecified atom stereocenters. The molecule has 1 heterocycles. The zero-order valence-corrected chi connectivity index (χ0v) is 23.2. The van der Waals surface area contributed by atoms with Gasteiger partial charge in [0.15, 0.2) is 0 Å². The van der Waals surface area contributed by atoms with E-state index >= 15 is 0 Å². The van der Waals surface area contributed by atoms with Gasteiger partial charge in [0.05, 0.1) is 0 Å². The largest absolute Gasteiger partial charge is 0.480 e. The third-order valence-electron chi connectivity index (χ3n) is 8.82. The molecule has 1 amide bonds. The van der Waals surface area contributed by atoms with Gasteiger partial charge in [-0.1, -0.05) is 82.1 Å². The van der Waals surface area contributed by atoms with E-state index in [9.17, 15) is 14.7 Å². The van der Waals surface area contributed by atoms with Crippen molar-refractivity contribution in [2.24, 2.45) is 11.3 Å². The van der Waals surface area contributed by atoms with Crippen LogP contribution in [0, 0.1) is 11.3 Å². The Morgan fingerprint density at radius 2 is 1.66 bits per heavy atom. The molecule has 0 bridgehead atoms. The summed E-state index contributed by atoms with van der Waals surface area (Å²) in [5.41, 5.74) is 4.44. The van der Waals surface area contributed by atoms with Crippen LogP contribution in [0.25, 0.3) is 11.1 Å². The van der Waals surface area contributed by atoms with Gasteiger partial charge in [0.1, 0.15) is 12.6 Å². The average molecular weight is 521 g/mol. The van der Waals surface area contributed by atoms with Crippen molar-refractivity contribution in [3.63, 3.8) is 0 Å². The number of likely N-dealkylation sites (tertiary alicyclic amines) is 1. The lowest BCUT2D eigenvalue weighted by Crippen LogP contribution is -2.49. The summed E-state index contributed by atoms with van der Waals surface area (Å²) in [7, 11) is 0. The number of carboxylic acid groups (broad SMARTS) is 1. The number of benzene rings is 2. The van der Waals surface area contributed by atoms with Crippen molar-refractivity contribution in [2.75, 3.05) is 26.2 Å². The van der Waals surface area contributed by atoms with Crippen LogP contribution in [0.15, 0.2) is 48.5 Å². The minimum absolute atomic E-state index is 0.0581. The Labute approximate surface area is 227 Å². The van der Waals surface area contributed by atoms with E-state index in [2.05, 4.69) is 55.3 Å². The van der Waals surface area contributed by atoms with E-state index in [-0.39, 0.29) is 17.9 Å². The maximum atomic E-state index is 12.9. The Bertz CT molecular complexity index is 1050. The van der Waals surface area contributed by atoms with Crippen LogP contribution >= 0.6 is 0 Å². The maximum absolute atomic E-state index is 12.9. The van der Waals surface area contributed by atoms with E-state index in [1.54, 1.807) is 0 Å². The van der Waals surface area contributed by atoms with Crippen LogP contribution in [0.2, 0.25) is 0 Å². The Morgan fingerprint density at radius 3 is 2.21 bits per heavy atom. The van der Waals surface area contributed by atoms with Crippen molar-refractivity contribution in [1.29, 1.82) is 0 Å². The number of hydrogen-bond acceptors (Lipinski definition) is 4. The smallest absolute Gasteiger partial charge is 0.407 e. The highest BCUT2D eigenvalue weighted by molar-refractivity contribution is 5.81. The van der Waals surface area contributed by atoms with Gasteiger partial charge in [-0.3, -0.25) is 0 Å². The topological polar surface area (TPSA) is 78.9 Å². The normalized spacial score (nSPS) is 18.3. The average Bonchev–Trinajstić information content (AvgIpc) is 3.25. The SMILES string of the molecule is CCCCC(CC)(CC(NC(=O)OCC1c2ccccc2-c2ccccc21)C(=O)O)CN1CCC(C)CC1. The van der Waals surface area contributed by atoms with Gasteiger partial charge in [-0.25, -0.2) is 9.59 Å². The lowest BCUT2D eigenvalue weighted by molar-refractivity contribution is -0.140. The summed E-state index contributed by atoms with van der Waals surface area (Å²) >= 11 is 0. The Morgan fingerprint density at radius 1 is 1.05 bits per heavy atom. The van der Waals surface area contributed by atoms with Crippen molar-refractivity contribution in [1.82, 2.24) is 10.2 Å². The first kappa shape index (κ1) is 28.2. The molecule has 1 fully saturated rings. The third kappa shape index (κ3) is 6.58. The van der Waals surface area contributed by atoms with Crippen molar-refractivity contribution in [3.8, 4) is 11.1 Å². The van der Waals surface area contributed by atoms with Crippen LogP contribution in [-0.4, -0.2) is 54.4 Å². The van der Waals surface area contributed by atoms with Crippen molar-refractivity contribution in [2.45, 2.75) is 77.7 Å². The molecule has 2 aliphatic rings. The zero-order chi connectivity index (χ0) is 27.1. The summed E-state index contributed by atoms with van der Waals surface area (Å²) in [6, 6.07) is 15.4. The highest BCUT2D eigenvalue weighted by Crippen LogP contribution is 2.44. The van der Waals surface area contributed by atoms with Gasteiger partial charge in [0, 0.05) is 12.5 Å². The Balaban J connectivity index is 1.42. The summed E-state index contributed by atoms with van der Waals surface area (Å²) in [4.78, 5) is 27.8. The van der Waals surface area contributed by atoms with E-state index in [0.29, 0.717) is 6.42 Å². The van der Waals surface area contributed by atoms with Gasteiger partial charge in [-0.15, -0.1) is 0 Å². The monoisotopic (exact) mass is 520 g/mol. The van der Waals surface area contributed by atoms with Crippen LogP contribution in [0.3, 0.4) is 0 Å². The van der Waals surface area contributed by atoms with Crippen molar-refractivity contribution in [3.05, 3.63) is 59.7 Å². The van der Waals surface area contributed by atoms with Gasteiger partial charge in [-0.05, 0) is 78.8 Å². The van der Waals surface area contributed by atoms with E-state index < -0.39 is 18.1 Å². The number of nitrogens with one attached hydrogen (secondary N) is 1. The van der Waals surface area contributed by atoms with Crippen LogP contribution < -0.4 is 5.32 Å². The molecule has 1 aliphatic carbocycles. The van der Waals surface area contributed by atoms with Crippen LogP contribution in [-0.2, 0) is 9.53 Å². The van der Waals surface area contributed by atoms with Crippen molar-refractivity contribution >= 4 is 12.1 Å². The van der Waals surface area contributed by atoms with E-state index in [0.717, 1.165) is 73.5 Å². The summed E-state index contributed by atoms with van der Waals surface area (Å²) < 4.78 is 5.69. The molecule has 0 saturated carbocycles. The lowest BCUT2D eigenvalue weighted by atomic mass is 9.74. The highest BCUT2D eigenvalue weighted by Gasteiger charge is 2.37. The molecule has 206 valence electrons. The van der Waals surface area contributed by atoms with Crippen LogP contribution in [0.5, 0.6) is 0 Å². The van der Waals surface area contributed by atoms with E-state index in [1.807, 2.05) is 24.3 Å². The number of alkyl carbamates (subject to hydrolysis) is 1. The number of carbonyl (C=O) groups excluding carboxylic acids is 1. The summed E-state index contributed by atoms with van der Waals surface area (Å²) in [5, 5.41) is 12.8. The molecular weight excluding hydrogens is 476 g/mol. The predicted octanol–water partition coefficient (Wildman–Crippen LogP) is 6.69. The standard InChI is InChI=1S/C32H44N2O4/c1-4-6-17-32(5-2,22-34-18-15-23(3)16-19-34)20-29(30(35)36)33-31(37)38-21-28-26-13-9-7-11-24(26)25-12-8-10-14-27(25)28/h7-14,23,28-29H,4-6,15-22H2,1-3H3,(H,33,37)(H,35,36). The predicted molar refractivity (Wildman–Crippen MR) is 151 cm³/mol. The molecule has 1 saturated heterocycles. The fourth-order valence-electron chi connectivity index (χ4n) is 6.34. The number of aliphatic carboxylic acids is 1. The first-order chi connectivity index (χ1) is 18.4. The third-order valence-corrected chi connectivity index (χ3v) is 8.82. The quantitative estimate of drug-likeness (QED) is 0.326. The molecule has 2 aromatic rings. The molecule has 2 N–H and O–H groups in total. The summed E-state index contributed by atoms with van der Waals surface area (Å²) in [5.74, 6) is -0.308. The second kappa shape index (κ2) is 12.8. The summed E-state index contributed by atoms with van der Waals surface area (Å²) in [6.45, 7) is 9.82. The number of piperidine rings is 1. The molecule has 0 aromatic heterocycles. The molecule has 2 aromatic carbocycles. The minimum atomic E-state index is -1.000. The van der Waals surface area contributed by atoms with Gasteiger partial charge in [0.2, 0.25) is 0 Å². The second-order valence-electron chi connectivity index (χ2n) is 11.5. The molecule has 1 aliphatic heterocycles. The lowest BCUT2D eigenvalue weighted by Gasteiger charge is -2.42. The fraction of sp³-hybridized carbons (Fsp3) is 0.562. The number of fused-ring (bicyclic) bond motifs is 3. The molecule has 38 heavy (non-hydrogen) atoms. The number of ether oxygens (including phenoxy) is 1. The molecule has 6 heteroatoms. The fourth-order valence-corrected chi connectivity index (χ4v) is 6.34. The molecule has 4 rings (SSSR count). The zero-order valence-electron chi connectivity index (χ0n) is 23.2. The number of rotatable bonds is 12. The molecule has 0 spiro atoms. The van der Waals surface area contributed by atoms with Gasteiger partial charge in [-0.2, -0.15) is 0 Å². The van der Waals surface area contributed by atoms with E-state index in [4.69, 9.17) is 4.74 Å². The first-order valence-electron chi connectivity index (χ1n) is 14.4. The number of unbranched alkanes of at least 4 members (excludes halogenated alkanes) is 1. The van der Waals surface area contributed by atoms with Gasteiger partial charge < -0.3 is 20.1 Å². The highest BCUT2D eigenvalue weighted by atomic mass is 16.5. The van der Waals surface area contributed by atoms with Gasteiger partial charge in [0.25, 0.3) is 0 Å². The van der Waals surface area contributed by atoms with Gasteiger partial charge >= 0.3 is 12.1 Å². The number of carboxylic acids is 1. The maximum Gasteiger partial charge on any atom is 0.407 e. The number of carbonyl (C=O) groups is 2. The van der Waals surface area contributed by atoms with Crippen molar-refractivity contribution < 1.29 is 19.4 Å². The number of nitrogens with zero attached hydrogens (tertiary/aromatic N) is 1. The number of hydrogen-bond donors (Lipinski definition) is 2. The summed E-state index contributed by atoms with van der Waals surface area (Å²) in [6.07, 6.45) is 6.09. The second-order valence-corrected chi connectivity index (χ2v) is 11.5. The molecular formula is C32H44N2O4. The minimum Gasteiger partial charge on any atom is -0.480 e. The van der Waals surface area contributed by atoms with Crippen LogP contribution in [0.1, 0.15) is 82.8 Å². The molecule has 6 nitrogen and oxygen atoms in total. The first-order valence-corrected chi connectivity index (χ1v) is 14.4. The Kier molecular flexibility index (Phi) is 9.48. The number of amides is 1. The molecule has 2 atom stereocenters. The Hall–Kier alpha value is -2.86. The molecule has 0 radical (unpaired) electrons. The van der Waals surface area contributed by atoms with Crippen LogP contribution in [0.4, 0.5) is 4.79 Å².